The number of rotatable bonds is 1. The van der Waals surface area contributed by atoms with E-state index in [2.05, 4.69) is 9.97 Å². The van der Waals surface area contributed by atoms with Crippen molar-refractivity contribution in [1.29, 1.82) is 0 Å². The van der Waals surface area contributed by atoms with Gasteiger partial charge in [-0.15, -0.1) is 0 Å². The van der Waals surface area contributed by atoms with Gasteiger partial charge in [0.05, 0.1) is 5.52 Å². The Morgan fingerprint density at radius 3 is 2.79 bits per heavy atom. The first-order valence-electron chi connectivity index (χ1n) is 3.82. The van der Waals surface area contributed by atoms with E-state index in [4.69, 9.17) is 0 Å². The molecule has 0 saturated carbocycles. The first-order chi connectivity index (χ1) is 6.68. The summed E-state index contributed by atoms with van der Waals surface area (Å²) in [6.07, 6.45) is 0. The van der Waals surface area contributed by atoms with Crippen molar-refractivity contribution in [3.63, 3.8) is 0 Å². The summed E-state index contributed by atoms with van der Waals surface area (Å²) in [5.74, 6) is -0.677. The minimum atomic E-state index is -0.800. The topological polar surface area (TPSA) is 88.9 Å². The van der Waals surface area contributed by atoms with Gasteiger partial charge in [-0.05, 0) is 22.0 Å². The number of benzene rings is 1. The Kier molecular flexibility index (Phi) is 1.74. The monoisotopic (exact) mass is 191 g/mol. The van der Waals surface area contributed by atoms with Crippen molar-refractivity contribution in [2.24, 2.45) is 0 Å². The van der Waals surface area contributed by atoms with Crippen LogP contribution >= 0.6 is 0 Å². The maximum atomic E-state index is 11.1. The van der Waals surface area contributed by atoms with E-state index in [1.807, 2.05) is 0 Å². The highest BCUT2D eigenvalue weighted by atomic mass is 16.6. The molecule has 6 heteroatoms. The van der Waals surface area contributed by atoms with Crippen molar-refractivity contribution >= 4 is 16.9 Å². The van der Waals surface area contributed by atoms with Gasteiger partial charge in [-0.25, -0.2) is 0 Å². The van der Waals surface area contributed by atoms with Gasteiger partial charge < -0.3 is 15.1 Å². The maximum Gasteiger partial charge on any atom is 0.430 e. The van der Waals surface area contributed by atoms with E-state index in [-0.39, 0.29) is 0 Å². The smallest absolute Gasteiger partial charge is 0.358 e. The Balaban J connectivity index is 2.84. The van der Waals surface area contributed by atoms with Crippen LogP contribution in [-0.4, -0.2) is 14.9 Å². The van der Waals surface area contributed by atoms with Crippen LogP contribution in [0.5, 0.6) is 0 Å². The molecule has 2 rings (SSSR count). The molecule has 2 aromatic rings. The molecule has 0 radical (unpaired) electrons. The molecule has 1 heterocycles. The summed E-state index contributed by atoms with van der Waals surface area (Å²) in [4.78, 5) is 26.7. The molecule has 1 N–H and O–H groups in total. The lowest BCUT2D eigenvalue weighted by atomic mass is 10.3. The molecule has 0 aliphatic carbocycles. The number of nitro groups is 1. The zero-order chi connectivity index (χ0) is 10.1. The number of nitrogens with zero attached hydrogens (tertiary/aromatic N) is 2. The molecular weight excluding hydrogens is 186 g/mol. The van der Waals surface area contributed by atoms with Crippen LogP contribution in [0.25, 0.3) is 11.0 Å². The third kappa shape index (κ3) is 1.22. The Morgan fingerprint density at radius 2 is 2.07 bits per heavy atom. The summed E-state index contributed by atoms with van der Waals surface area (Å²) in [5, 5.41) is 10.4. The third-order valence-electron chi connectivity index (χ3n) is 1.75. The molecule has 0 fully saturated rings. The fourth-order valence-electron chi connectivity index (χ4n) is 1.14. The van der Waals surface area contributed by atoms with Crippen LogP contribution in [0.15, 0.2) is 29.1 Å². The fraction of sp³-hybridized carbons (Fsp3) is 0. The van der Waals surface area contributed by atoms with Crippen molar-refractivity contribution in [3.8, 4) is 0 Å². The standard InChI is InChI=1S/C8H5N3O3/c12-8-7(11(13)14)9-5-3-1-2-4-6(5)10-8/h1-4H,(H,10,12). The highest BCUT2D eigenvalue weighted by Crippen LogP contribution is 2.08. The second-order valence-electron chi connectivity index (χ2n) is 2.66. The minimum absolute atomic E-state index is 0.402. The lowest BCUT2D eigenvalue weighted by Gasteiger charge is -1.93. The number of aromatic nitrogens is 2. The average Bonchev–Trinajstić information content (AvgIpc) is 2.16. The molecule has 0 amide bonds. The Morgan fingerprint density at radius 1 is 1.36 bits per heavy atom. The molecule has 6 nitrogen and oxygen atoms in total. The van der Waals surface area contributed by atoms with Crippen LogP contribution in [-0.2, 0) is 0 Å². The molecule has 0 atom stereocenters. The number of hydrogen-bond donors (Lipinski definition) is 1. The molecule has 70 valence electrons. The van der Waals surface area contributed by atoms with Gasteiger partial charge in [-0.3, -0.25) is 4.79 Å². The molecule has 0 aliphatic heterocycles. The molecule has 14 heavy (non-hydrogen) atoms. The molecule has 1 aromatic carbocycles. The zero-order valence-electron chi connectivity index (χ0n) is 6.93. The number of H-pyrrole nitrogens is 1. The molecule has 0 unspecified atom stereocenters. The predicted octanol–water partition coefficient (Wildman–Crippen LogP) is 0.831. The molecule has 0 spiro atoms. The van der Waals surface area contributed by atoms with E-state index in [1.165, 1.54) is 0 Å². The zero-order valence-corrected chi connectivity index (χ0v) is 6.93. The average molecular weight is 191 g/mol. The van der Waals surface area contributed by atoms with Crippen LogP contribution in [0.2, 0.25) is 0 Å². The minimum Gasteiger partial charge on any atom is -0.358 e. The summed E-state index contributed by atoms with van der Waals surface area (Å²) < 4.78 is 0. The number of aromatic amines is 1. The van der Waals surface area contributed by atoms with Gasteiger partial charge in [0.15, 0.2) is 5.52 Å². The Hall–Kier alpha value is -2.24. The van der Waals surface area contributed by atoms with Crippen molar-refractivity contribution in [2.75, 3.05) is 0 Å². The van der Waals surface area contributed by atoms with E-state index in [0.29, 0.717) is 11.0 Å². The first-order valence-corrected chi connectivity index (χ1v) is 3.82. The fourth-order valence-corrected chi connectivity index (χ4v) is 1.14. The summed E-state index contributed by atoms with van der Waals surface area (Å²) in [5.41, 5.74) is 0.107. The molecule has 1 aromatic heterocycles. The number of para-hydroxylation sites is 2. The lowest BCUT2D eigenvalue weighted by Crippen LogP contribution is -2.13. The Bertz CT molecular complexity index is 561. The van der Waals surface area contributed by atoms with Crippen LogP contribution < -0.4 is 5.56 Å². The van der Waals surface area contributed by atoms with Crippen molar-refractivity contribution in [3.05, 3.63) is 44.7 Å². The van der Waals surface area contributed by atoms with Crippen molar-refractivity contribution in [2.45, 2.75) is 0 Å². The number of nitrogens with one attached hydrogen (secondary N) is 1. The predicted molar refractivity (Wildman–Crippen MR) is 49.0 cm³/mol. The van der Waals surface area contributed by atoms with Gasteiger partial charge in [0, 0.05) is 0 Å². The van der Waals surface area contributed by atoms with Gasteiger partial charge in [-0.1, -0.05) is 12.1 Å². The van der Waals surface area contributed by atoms with E-state index >= 15 is 0 Å². The van der Waals surface area contributed by atoms with Gasteiger partial charge in [0.1, 0.15) is 0 Å². The van der Waals surface area contributed by atoms with Crippen molar-refractivity contribution < 1.29 is 4.92 Å². The summed E-state index contributed by atoms with van der Waals surface area (Å²) in [7, 11) is 0. The Labute approximate surface area is 77.4 Å². The molecule has 0 aliphatic rings. The highest BCUT2D eigenvalue weighted by molar-refractivity contribution is 5.74. The van der Waals surface area contributed by atoms with Crippen LogP contribution in [0.4, 0.5) is 5.82 Å². The van der Waals surface area contributed by atoms with Crippen LogP contribution in [0.1, 0.15) is 0 Å². The number of fused-ring (bicyclic) bond motifs is 1. The highest BCUT2D eigenvalue weighted by Gasteiger charge is 2.15. The van der Waals surface area contributed by atoms with Gasteiger partial charge in [0.25, 0.3) is 0 Å². The SMILES string of the molecule is O=c1[nH]c2ccccc2nc1[N+](=O)[O-]. The quantitative estimate of drug-likeness (QED) is 0.534. The summed E-state index contributed by atoms with van der Waals surface area (Å²) in [6.45, 7) is 0. The van der Waals surface area contributed by atoms with Gasteiger partial charge in [-0.2, -0.15) is 0 Å². The molecule has 0 saturated heterocycles. The molecular formula is C8H5N3O3. The lowest BCUT2D eigenvalue weighted by molar-refractivity contribution is -0.390. The van der Waals surface area contributed by atoms with Crippen LogP contribution in [0.3, 0.4) is 0 Å². The second-order valence-corrected chi connectivity index (χ2v) is 2.66. The molecule has 0 bridgehead atoms. The maximum absolute atomic E-state index is 11.1. The van der Waals surface area contributed by atoms with Crippen molar-refractivity contribution in [1.82, 2.24) is 9.97 Å². The summed E-state index contributed by atoms with van der Waals surface area (Å²) >= 11 is 0. The first kappa shape index (κ1) is 8.36. The third-order valence-corrected chi connectivity index (χ3v) is 1.75. The van der Waals surface area contributed by atoms with Crippen LogP contribution in [0, 0.1) is 10.1 Å². The van der Waals surface area contributed by atoms with Gasteiger partial charge in [0.2, 0.25) is 0 Å². The second kappa shape index (κ2) is 2.91. The van der Waals surface area contributed by atoms with Gasteiger partial charge >= 0.3 is 11.4 Å². The summed E-state index contributed by atoms with van der Waals surface area (Å²) in [6, 6.07) is 6.63. The largest absolute Gasteiger partial charge is 0.430 e. The normalized spacial score (nSPS) is 10.3. The van der Waals surface area contributed by atoms with E-state index in [9.17, 15) is 14.9 Å². The van der Waals surface area contributed by atoms with E-state index in [0.717, 1.165) is 0 Å². The van der Waals surface area contributed by atoms with E-state index < -0.39 is 16.3 Å². The van der Waals surface area contributed by atoms with E-state index in [1.54, 1.807) is 24.3 Å². The number of hydrogen-bond acceptors (Lipinski definition) is 4.